The number of aliphatic imine (C=N–C) groups is 2. The molecule has 0 bridgehead atoms. The van der Waals surface area contributed by atoms with Crippen LogP contribution < -0.4 is 23.7 Å². The lowest BCUT2D eigenvalue weighted by Gasteiger charge is -2.20. The molecule has 0 unspecified atom stereocenters. The van der Waals surface area contributed by atoms with E-state index in [1.165, 1.54) is 0 Å². The zero-order valence-electron chi connectivity index (χ0n) is 27.2. The van der Waals surface area contributed by atoms with Gasteiger partial charge in [-0.2, -0.15) is 0 Å². The van der Waals surface area contributed by atoms with E-state index in [1.54, 1.807) is 67.8 Å². The summed E-state index contributed by atoms with van der Waals surface area (Å²) in [5.74, 6) is 2.20. The van der Waals surface area contributed by atoms with E-state index in [4.69, 9.17) is 23.7 Å². The number of methoxy groups -OCH3 is 3. The van der Waals surface area contributed by atoms with Crippen molar-refractivity contribution in [2.45, 2.75) is 38.1 Å². The van der Waals surface area contributed by atoms with Gasteiger partial charge in [0.05, 0.1) is 55.9 Å². The lowest BCUT2D eigenvalue weighted by molar-refractivity contribution is 0.0769. The zero-order valence-corrected chi connectivity index (χ0v) is 27.2. The maximum atomic E-state index is 13.3. The highest BCUT2D eigenvalue weighted by atomic mass is 16.5. The summed E-state index contributed by atoms with van der Waals surface area (Å²) in [7, 11) is 4.68. The standard InChI is InChI=1S/C37H36N4O7/c1-21-6-25-15-38-30-13-34(32(45-4)11-28(30)36(42)40(25)17-21)47-19-23-8-24(10-27(9-23)44-3)20-48-35-14-31-29(12-33(35)46-5)37(43)41-18-22(2)7-26(41)16-39-31/h8-16,25-26H,1-2,6-7,17-20H2,3-5H3/t25-,26-/m0/s1. The number of benzene rings is 3. The van der Waals surface area contributed by atoms with Gasteiger partial charge in [0.15, 0.2) is 23.0 Å². The molecule has 2 fully saturated rings. The summed E-state index contributed by atoms with van der Waals surface area (Å²) in [6.07, 6.45) is 5.01. The third kappa shape index (κ3) is 5.76. The highest BCUT2D eigenvalue weighted by Gasteiger charge is 2.35. The Morgan fingerprint density at radius 2 is 1.10 bits per heavy atom. The van der Waals surface area contributed by atoms with E-state index >= 15 is 0 Å². The molecule has 2 saturated heterocycles. The summed E-state index contributed by atoms with van der Waals surface area (Å²) in [6.45, 7) is 9.49. The minimum atomic E-state index is -0.107. The molecule has 0 saturated carbocycles. The van der Waals surface area contributed by atoms with Crippen molar-refractivity contribution in [3.63, 3.8) is 0 Å². The van der Waals surface area contributed by atoms with Crippen molar-refractivity contribution in [2.75, 3.05) is 34.4 Å². The third-order valence-corrected chi connectivity index (χ3v) is 8.95. The Morgan fingerprint density at radius 3 is 1.52 bits per heavy atom. The first-order chi connectivity index (χ1) is 23.2. The summed E-state index contributed by atoms with van der Waals surface area (Å²) in [4.78, 5) is 39.5. The van der Waals surface area contributed by atoms with Crippen molar-refractivity contribution in [3.8, 4) is 28.7 Å². The monoisotopic (exact) mass is 648 g/mol. The molecule has 2 atom stereocenters. The molecule has 48 heavy (non-hydrogen) atoms. The fraction of sp³-hybridized carbons (Fsp3) is 0.297. The van der Waals surface area contributed by atoms with Gasteiger partial charge in [0.2, 0.25) is 0 Å². The van der Waals surface area contributed by atoms with Gasteiger partial charge in [0.1, 0.15) is 19.0 Å². The first-order valence-electron chi connectivity index (χ1n) is 15.6. The van der Waals surface area contributed by atoms with Gasteiger partial charge in [0.25, 0.3) is 11.8 Å². The van der Waals surface area contributed by atoms with Crippen LogP contribution in [0.2, 0.25) is 0 Å². The second kappa shape index (κ2) is 12.6. The molecule has 11 heteroatoms. The van der Waals surface area contributed by atoms with E-state index in [1.807, 2.05) is 18.2 Å². The second-order valence-electron chi connectivity index (χ2n) is 12.3. The quantitative estimate of drug-likeness (QED) is 0.268. The van der Waals surface area contributed by atoms with Gasteiger partial charge >= 0.3 is 0 Å². The predicted molar refractivity (Wildman–Crippen MR) is 181 cm³/mol. The molecule has 11 nitrogen and oxygen atoms in total. The molecule has 3 aromatic rings. The number of hydrogen-bond donors (Lipinski definition) is 0. The maximum absolute atomic E-state index is 13.3. The number of carbonyl (C=O) groups excluding carboxylic acids is 2. The second-order valence-corrected chi connectivity index (χ2v) is 12.3. The number of hydrogen-bond acceptors (Lipinski definition) is 9. The van der Waals surface area contributed by atoms with E-state index in [2.05, 4.69) is 23.1 Å². The van der Waals surface area contributed by atoms with Crippen molar-refractivity contribution in [3.05, 3.63) is 89.0 Å². The number of fused-ring (bicyclic) bond motifs is 4. The van der Waals surface area contributed by atoms with Gasteiger partial charge in [0, 0.05) is 37.7 Å². The van der Waals surface area contributed by atoms with Gasteiger partial charge in [-0.15, -0.1) is 0 Å². The van der Waals surface area contributed by atoms with Crippen molar-refractivity contribution in [2.24, 2.45) is 9.98 Å². The summed E-state index contributed by atoms with van der Waals surface area (Å²) in [5, 5.41) is 0. The van der Waals surface area contributed by atoms with Crippen LogP contribution in [0.25, 0.3) is 0 Å². The predicted octanol–water partition coefficient (Wildman–Crippen LogP) is 5.84. The van der Waals surface area contributed by atoms with Crippen LogP contribution in [0.4, 0.5) is 11.4 Å². The third-order valence-electron chi connectivity index (χ3n) is 8.95. The van der Waals surface area contributed by atoms with Crippen LogP contribution in [0.5, 0.6) is 28.7 Å². The van der Waals surface area contributed by atoms with Crippen LogP contribution in [0.3, 0.4) is 0 Å². The fourth-order valence-electron chi connectivity index (χ4n) is 6.55. The smallest absolute Gasteiger partial charge is 0.257 e. The Labute approximate surface area is 278 Å². The van der Waals surface area contributed by atoms with E-state index in [0.717, 1.165) is 22.3 Å². The number of amides is 2. The van der Waals surface area contributed by atoms with Crippen molar-refractivity contribution in [1.29, 1.82) is 0 Å². The number of ether oxygens (including phenoxy) is 5. The van der Waals surface area contributed by atoms with Crippen LogP contribution in [-0.4, -0.2) is 80.5 Å². The highest BCUT2D eigenvalue weighted by Crippen LogP contribution is 2.40. The fourth-order valence-corrected chi connectivity index (χ4v) is 6.55. The van der Waals surface area contributed by atoms with E-state index in [-0.39, 0.29) is 37.1 Å². The maximum Gasteiger partial charge on any atom is 0.257 e. The molecule has 7 rings (SSSR count). The van der Waals surface area contributed by atoms with Gasteiger partial charge in [-0.25, -0.2) is 0 Å². The highest BCUT2D eigenvalue weighted by molar-refractivity contribution is 6.04. The van der Waals surface area contributed by atoms with Gasteiger partial charge in [-0.1, -0.05) is 24.3 Å². The van der Waals surface area contributed by atoms with Crippen LogP contribution in [0.1, 0.15) is 44.7 Å². The zero-order chi connectivity index (χ0) is 33.5. The Hall–Kier alpha value is -5.58. The minimum absolute atomic E-state index is 0.107. The molecule has 3 aromatic carbocycles. The molecule has 2 amide bonds. The van der Waals surface area contributed by atoms with Crippen molar-refractivity contribution in [1.82, 2.24) is 9.80 Å². The molecular weight excluding hydrogens is 612 g/mol. The molecule has 0 N–H and O–H groups in total. The first-order valence-corrected chi connectivity index (χ1v) is 15.6. The topological polar surface area (TPSA) is 111 Å². The molecule has 0 spiro atoms. The Balaban J connectivity index is 1.09. The minimum Gasteiger partial charge on any atom is -0.497 e. The average molecular weight is 649 g/mol. The summed E-state index contributed by atoms with van der Waals surface area (Å²) >= 11 is 0. The normalized spacial score (nSPS) is 19.3. The first kappa shape index (κ1) is 31.0. The molecule has 0 aliphatic carbocycles. The summed E-state index contributed by atoms with van der Waals surface area (Å²) in [5.41, 5.74) is 5.65. The molecular formula is C37H36N4O7. The molecule has 4 aliphatic heterocycles. The van der Waals surface area contributed by atoms with Crippen LogP contribution in [0, 0.1) is 0 Å². The van der Waals surface area contributed by atoms with E-state index < -0.39 is 0 Å². The SMILES string of the molecule is C=C1C[C@H]2C=Nc3cc(OCc4cc(COc5cc6c(cc5OC)C(=O)N5CC(=C)C[C@H]5C=N6)cc(OC)c4)c(OC)cc3C(=O)N2C1. The number of carbonyl (C=O) groups is 2. The van der Waals surface area contributed by atoms with Gasteiger partial charge in [-0.3, -0.25) is 19.6 Å². The van der Waals surface area contributed by atoms with E-state index in [9.17, 15) is 9.59 Å². The lowest BCUT2D eigenvalue weighted by Crippen LogP contribution is -2.35. The summed E-state index contributed by atoms with van der Waals surface area (Å²) < 4.78 is 29.3. The van der Waals surface area contributed by atoms with E-state index in [0.29, 0.717) is 77.2 Å². The largest absolute Gasteiger partial charge is 0.497 e. The van der Waals surface area contributed by atoms with Crippen LogP contribution in [0.15, 0.2) is 76.8 Å². The molecule has 4 aliphatic rings. The number of rotatable bonds is 9. The van der Waals surface area contributed by atoms with Crippen LogP contribution in [-0.2, 0) is 13.2 Å². The molecule has 246 valence electrons. The Morgan fingerprint density at radius 1 is 0.646 bits per heavy atom. The number of nitrogens with zero attached hydrogens (tertiary/aromatic N) is 4. The average Bonchev–Trinajstić information content (AvgIpc) is 3.60. The van der Waals surface area contributed by atoms with Crippen molar-refractivity contribution < 1.29 is 33.3 Å². The molecule has 4 heterocycles. The Bertz CT molecular complexity index is 1780. The van der Waals surface area contributed by atoms with Gasteiger partial charge in [-0.05, 0) is 54.3 Å². The van der Waals surface area contributed by atoms with Crippen molar-refractivity contribution >= 4 is 35.6 Å². The molecule has 0 radical (unpaired) electrons. The van der Waals surface area contributed by atoms with Crippen LogP contribution >= 0.6 is 0 Å². The molecule has 0 aromatic heterocycles. The lowest BCUT2D eigenvalue weighted by atomic mass is 10.1. The van der Waals surface area contributed by atoms with Gasteiger partial charge < -0.3 is 33.5 Å². The summed E-state index contributed by atoms with van der Waals surface area (Å²) in [6, 6.07) is 12.4. The Kier molecular flexibility index (Phi) is 8.12.